The summed E-state index contributed by atoms with van der Waals surface area (Å²) >= 11 is 7.20. The average molecular weight is 447 g/mol. The molecule has 0 bridgehead atoms. The second kappa shape index (κ2) is 9.90. The molecule has 6 nitrogen and oxygen atoms in total. The van der Waals surface area contributed by atoms with Crippen molar-refractivity contribution in [2.24, 2.45) is 0 Å². The number of thiazole rings is 1. The molecule has 3 heterocycles. The first-order valence-corrected chi connectivity index (χ1v) is 11.9. The van der Waals surface area contributed by atoms with Gasteiger partial charge in [-0.05, 0) is 63.0 Å². The molecule has 160 valence electrons. The van der Waals surface area contributed by atoms with Crippen molar-refractivity contribution in [3.63, 3.8) is 0 Å². The SMILES string of the molecule is O=C(Nc1nc(CC(=O)N2CCC(N3CCCCC3)CC2)cs1)c1ccc(Cl)cc1. The van der Waals surface area contributed by atoms with Crippen molar-refractivity contribution in [1.29, 1.82) is 0 Å². The smallest absolute Gasteiger partial charge is 0.257 e. The normalized spacial score (nSPS) is 18.4. The predicted molar refractivity (Wildman–Crippen MR) is 120 cm³/mol. The topological polar surface area (TPSA) is 65.5 Å². The first-order chi connectivity index (χ1) is 14.6. The Morgan fingerprint density at radius 3 is 2.47 bits per heavy atom. The number of hydrogen-bond acceptors (Lipinski definition) is 5. The molecule has 0 atom stereocenters. The van der Waals surface area contributed by atoms with Crippen LogP contribution in [-0.4, -0.2) is 58.8 Å². The summed E-state index contributed by atoms with van der Waals surface area (Å²) in [5.74, 6) is -0.119. The van der Waals surface area contributed by atoms with Crippen molar-refractivity contribution in [2.75, 3.05) is 31.5 Å². The molecule has 0 radical (unpaired) electrons. The molecule has 1 N–H and O–H groups in total. The number of halogens is 1. The van der Waals surface area contributed by atoms with Gasteiger partial charge in [-0.1, -0.05) is 18.0 Å². The van der Waals surface area contributed by atoms with Gasteiger partial charge in [0, 0.05) is 35.1 Å². The maximum atomic E-state index is 12.7. The number of carbonyl (C=O) groups excluding carboxylic acids is 2. The molecule has 0 saturated carbocycles. The lowest BCUT2D eigenvalue weighted by Gasteiger charge is -2.40. The minimum atomic E-state index is -0.237. The highest BCUT2D eigenvalue weighted by atomic mass is 35.5. The van der Waals surface area contributed by atoms with E-state index in [0.717, 1.165) is 25.9 Å². The van der Waals surface area contributed by atoms with Gasteiger partial charge in [-0.25, -0.2) is 4.98 Å². The highest BCUT2D eigenvalue weighted by molar-refractivity contribution is 7.14. The zero-order valence-corrected chi connectivity index (χ0v) is 18.6. The number of nitrogens with zero attached hydrogens (tertiary/aromatic N) is 3. The van der Waals surface area contributed by atoms with Crippen molar-refractivity contribution in [2.45, 2.75) is 44.6 Å². The van der Waals surface area contributed by atoms with E-state index in [-0.39, 0.29) is 18.2 Å². The summed E-state index contributed by atoms with van der Waals surface area (Å²) in [7, 11) is 0. The van der Waals surface area contributed by atoms with Crippen molar-refractivity contribution in [3.8, 4) is 0 Å². The second-order valence-electron chi connectivity index (χ2n) is 7.99. The highest BCUT2D eigenvalue weighted by Crippen LogP contribution is 2.22. The summed E-state index contributed by atoms with van der Waals surface area (Å²) < 4.78 is 0. The molecule has 2 aliphatic rings. The van der Waals surface area contributed by atoms with Crippen molar-refractivity contribution < 1.29 is 9.59 Å². The van der Waals surface area contributed by atoms with Crippen LogP contribution in [0.25, 0.3) is 0 Å². The van der Waals surface area contributed by atoms with Crippen molar-refractivity contribution in [3.05, 3.63) is 45.9 Å². The first-order valence-electron chi connectivity index (χ1n) is 10.6. The van der Waals surface area contributed by atoms with Crippen molar-refractivity contribution in [1.82, 2.24) is 14.8 Å². The molecular formula is C22H27ClN4O2S. The number of likely N-dealkylation sites (tertiary alicyclic amines) is 2. The Balaban J connectivity index is 1.26. The summed E-state index contributed by atoms with van der Waals surface area (Å²) in [6, 6.07) is 7.32. The molecule has 2 aliphatic heterocycles. The van der Waals surface area contributed by atoms with Gasteiger partial charge in [0.15, 0.2) is 5.13 Å². The van der Waals surface area contributed by atoms with E-state index in [9.17, 15) is 9.59 Å². The predicted octanol–water partition coefficient (Wildman–Crippen LogP) is 4.07. The Morgan fingerprint density at radius 2 is 1.77 bits per heavy atom. The molecule has 1 aromatic heterocycles. The van der Waals surface area contributed by atoms with Crippen LogP contribution < -0.4 is 5.32 Å². The Hall–Kier alpha value is -1.96. The van der Waals surface area contributed by atoms with Crippen LogP contribution in [0.15, 0.2) is 29.6 Å². The average Bonchev–Trinajstić information content (AvgIpc) is 3.21. The Labute approximate surface area is 186 Å². The summed E-state index contributed by atoms with van der Waals surface area (Å²) in [6.45, 7) is 4.07. The molecule has 2 fully saturated rings. The van der Waals surface area contributed by atoms with Gasteiger partial charge in [-0.3, -0.25) is 14.9 Å². The Kier molecular flexibility index (Phi) is 7.02. The molecule has 0 unspecified atom stereocenters. The first kappa shape index (κ1) is 21.3. The fourth-order valence-electron chi connectivity index (χ4n) is 4.25. The molecule has 0 aliphatic carbocycles. The number of anilines is 1. The summed E-state index contributed by atoms with van der Waals surface area (Å²) in [5, 5.41) is 5.72. The number of piperidine rings is 2. The molecular weight excluding hydrogens is 420 g/mol. The van der Waals surface area contributed by atoms with Crippen LogP contribution in [-0.2, 0) is 11.2 Å². The molecule has 2 saturated heterocycles. The number of amides is 2. The minimum absolute atomic E-state index is 0.118. The maximum Gasteiger partial charge on any atom is 0.257 e. The maximum absolute atomic E-state index is 12.7. The van der Waals surface area contributed by atoms with Gasteiger partial charge in [-0.15, -0.1) is 11.3 Å². The van der Waals surface area contributed by atoms with Gasteiger partial charge in [0.2, 0.25) is 5.91 Å². The molecule has 0 spiro atoms. The second-order valence-corrected chi connectivity index (χ2v) is 9.28. The molecule has 4 rings (SSSR count). The van der Waals surface area contributed by atoms with Gasteiger partial charge in [0.25, 0.3) is 5.91 Å². The van der Waals surface area contributed by atoms with E-state index in [1.54, 1.807) is 24.3 Å². The van der Waals surface area contributed by atoms with Crippen LogP contribution in [0.3, 0.4) is 0 Å². The van der Waals surface area contributed by atoms with E-state index in [1.165, 1.54) is 43.7 Å². The zero-order valence-electron chi connectivity index (χ0n) is 17.0. The van der Waals surface area contributed by atoms with Gasteiger partial charge < -0.3 is 9.80 Å². The van der Waals surface area contributed by atoms with Gasteiger partial charge in [0.05, 0.1) is 12.1 Å². The summed E-state index contributed by atoms with van der Waals surface area (Å²) in [4.78, 5) is 34.0. The number of carbonyl (C=O) groups is 2. The lowest BCUT2D eigenvalue weighted by atomic mass is 9.99. The van der Waals surface area contributed by atoms with Crippen LogP contribution in [0.2, 0.25) is 5.02 Å². The fourth-order valence-corrected chi connectivity index (χ4v) is 5.08. The quantitative estimate of drug-likeness (QED) is 0.751. The number of hydrogen-bond donors (Lipinski definition) is 1. The van der Waals surface area contributed by atoms with Crippen LogP contribution in [0.4, 0.5) is 5.13 Å². The third-order valence-electron chi connectivity index (χ3n) is 5.94. The Morgan fingerprint density at radius 1 is 1.07 bits per heavy atom. The van der Waals surface area contributed by atoms with Crippen LogP contribution in [0.1, 0.15) is 48.2 Å². The summed E-state index contributed by atoms with van der Waals surface area (Å²) in [6.07, 6.45) is 6.36. The van der Waals surface area contributed by atoms with E-state index >= 15 is 0 Å². The molecule has 2 aromatic rings. The van der Waals surface area contributed by atoms with Crippen molar-refractivity contribution >= 4 is 39.9 Å². The van der Waals surface area contributed by atoms with Crippen LogP contribution in [0, 0.1) is 0 Å². The lowest BCUT2D eigenvalue weighted by Crippen LogP contribution is -2.48. The van der Waals surface area contributed by atoms with Gasteiger partial charge >= 0.3 is 0 Å². The van der Waals surface area contributed by atoms with Gasteiger partial charge in [0.1, 0.15) is 0 Å². The van der Waals surface area contributed by atoms with E-state index < -0.39 is 0 Å². The number of aromatic nitrogens is 1. The van der Waals surface area contributed by atoms with E-state index in [2.05, 4.69) is 15.2 Å². The third-order valence-corrected chi connectivity index (χ3v) is 6.99. The third kappa shape index (κ3) is 5.39. The standard InChI is InChI=1S/C22H27ClN4O2S/c23-17-6-4-16(5-7-17)21(29)25-22-24-18(15-30-22)14-20(28)27-12-8-19(9-13-27)26-10-2-1-3-11-26/h4-7,15,19H,1-3,8-14H2,(H,24,25,29). The molecule has 30 heavy (non-hydrogen) atoms. The van der Waals surface area contributed by atoms with E-state index in [4.69, 9.17) is 11.6 Å². The van der Waals surface area contributed by atoms with E-state index in [1.807, 2.05) is 10.3 Å². The highest BCUT2D eigenvalue weighted by Gasteiger charge is 2.27. The number of nitrogens with one attached hydrogen (secondary N) is 1. The molecule has 2 amide bonds. The zero-order chi connectivity index (χ0) is 20.9. The minimum Gasteiger partial charge on any atom is -0.342 e. The fraction of sp³-hybridized carbons (Fsp3) is 0.500. The number of benzene rings is 1. The monoisotopic (exact) mass is 446 g/mol. The number of rotatable bonds is 5. The molecule has 1 aromatic carbocycles. The van der Waals surface area contributed by atoms with Crippen LogP contribution in [0.5, 0.6) is 0 Å². The Bertz CT molecular complexity index is 872. The molecule has 8 heteroatoms. The summed E-state index contributed by atoms with van der Waals surface area (Å²) in [5.41, 5.74) is 1.22. The van der Waals surface area contributed by atoms with E-state index in [0.29, 0.717) is 27.5 Å². The largest absolute Gasteiger partial charge is 0.342 e. The van der Waals surface area contributed by atoms with Gasteiger partial charge in [-0.2, -0.15) is 0 Å². The lowest BCUT2D eigenvalue weighted by molar-refractivity contribution is -0.132. The van der Waals surface area contributed by atoms with Crippen LogP contribution >= 0.6 is 22.9 Å².